The van der Waals surface area contributed by atoms with Gasteiger partial charge < -0.3 is 14.7 Å². The number of hydrogen-bond donors (Lipinski definition) is 1. The highest BCUT2D eigenvalue weighted by atomic mass is 16.5. The summed E-state index contributed by atoms with van der Waals surface area (Å²) in [6.07, 6.45) is 4.67. The van der Waals surface area contributed by atoms with Gasteiger partial charge in [-0.3, -0.25) is 14.6 Å². The van der Waals surface area contributed by atoms with E-state index in [0.717, 1.165) is 18.5 Å². The quantitative estimate of drug-likeness (QED) is 0.837. The molecule has 7 heteroatoms. The molecule has 1 aliphatic heterocycles. The second-order valence-electron chi connectivity index (χ2n) is 5.07. The van der Waals surface area contributed by atoms with Gasteiger partial charge in [-0.15, -0.1) is 0 Å². The Hall–Kier alpha value is -2.02. The number of aryl methyl sites for hydroxylation is 1. The van der Waals surface area contributed by atoms with E-state index in [-0.39, 0.29) is 30.7 Å². The summed E-state index contributed by atoms with van der Waals surface area (Å²) >= 11 is 0. The first kappa shape index (κ1) is 15.4. The van der Waals surface area contributed by atoms with Crippen molar-refractivity contribution in [3.63, 3.8) is 0 Å². The number of aliphatic carboxylic acids is 1. The van der Waals surface area contributed by atoms with Gasteiger partial charge in [0.1, 0.15) is 5.69 Å². The zero-order chi connectivity index (χ0) is 15.2. The molecule has 21 heavy (non-hydrogen) atoms. The van der Waals surface area contributed by atoms with Crippen LogP contribution < -0.4 is 0 Å². The molecule has 1 fully saturated rings. The van der Waals surface area contributed by atoms with Crippen molar-refractivity contribution < 1.29 is 19.4 Å². The van der Waals surface area contributed by atoms with Crippen LogP contribution in [0.2, 0.25) is 0 Å². The predicted molar refractivity (Wildman–Crippen MR) is 73.9 cm³/mol. The third-order valence-electron chi connectivity index (χ3n) is 3.33. The van der Waals surface area contributed by atoms with Crippen LogP contribution in [0.15, 0.2) is 12.4 Å². The third-order valence-corrected chi connectivity index (χ3v) is 3.33. The lowest BCUT2D eigenvalue weighted by atomic mass is 10.2. The molecule has 114 valence electrons. The normalized spacial score (nSPS) is 17.7. The van der Waals surface area contributed by atoms with Crippen molar-refractivity contribution in [2.75, 3.05) is 19.7 Å². The first-order valence-electron chi connectivity index (χ1n) is 6.97. The lowest BCUT2D eigenvalue weighted by molar-refractivity contribution is -0.137. The molecule has 1 unspecified atom stereocenters. The van der Waals surface area contributed by atoms with Gasteiger partial charge in [0, 0.05) is 25.9 Å². The van der Waals surface area contributed by atoms with E-state index in [2.05, 4.69) is 9.97 Å². The van der Waals surface area contributed by atoms with Gasteiger partial charge >= 0.3 is 5.97 Å². The van der Waals surface area contributed by atoms with Crippen molar-refractivity contribution >= 4 is 11.9 Å². The molecule has 2 heterocycles. The number of nitrogens with zero attached hydrogens (tertiary/aromatic N) is 3. The molecule has 1 aliphatic rings. The van der Waals surface area contributed by atoms with Gasteiger partial charge in [0.25, 0.3) is 5.91 Å². The molecule has 1 atom stereocenters. The summed E-state index contributed by atoms with van der Waals surface area (Å²) < 4.78 is 5.52. The van der Waals surface area contributed by atoms with Crippen LogP contribution in [0.5, 0.6) is 0 Å². The lowest BCUT2D eigenvalue weighted by Gasteiger charge is -2.24. The molecule has 1 saturated heterocycles. The number of aromatic nitrogens is 2. The fourth-order valence-electron chi connectivity index (χ4n) is 2.21. The third kappa shape index (κ3) is 4.49. The highest BCUT2D eigenvalue weighted by Crippen LogP contribution is 2.15. The van der Waals surface area contributed by atoms with Gasteiger partial charge in [-0.1, -0.05) is 0 Å². The molecule has 1 aromatic rings. The summed E-state index contributed by atoms with van der Waals surface area (Å²) in [6, 6.07) is 0. The maximum Gasteiger partial charge on any atom is 0.305 e. The molecule has 7 nitrogen and oxygen atoms in total. The van der Waals surface area contributed by atoms with E-state index in [1.165, 1.54) is 17.3 Å². The zero-order valence-electron chi connectivity index (χ0n) is 12.0. The minimum Gasteiger partial charge on any atom is -0.481 e. The highest BCUT2D eigenvalue weighted by Gasteiger charge is 2.24. The summed E-state index contributed by atoms with van der Waals surface area (Å²) in [6.45, 7) is 3.01. The van der Waals surface area contributed by atoms with Crippen molar-refractivity contribution in [1.82, 2.24) is 14.9 Å². The fraction of sp³-hybridized carbons (Fsp3) is 0.571. The number of carbonyl (C=O) groups is 2. The number of amides is 1. The summed E-state index contributed by atoms with van der Waals surface area (Å²) in [5.41, 5.74) is 0.951. The summed E-state index contributed by atoms with van der Waals surface area (Å²) in [5, 5.41) is 8.81. The SMILES string of the molecule is Cc1cnc(C(=O)N(CCC(=O)O)CC2CCCO2)cn1. The number of hydrogen-bond acceptors (Lipinski definition) is 5. The lowest BCUT2D eigenvalue weighted by Crippen LogP contribution is -2.39. The number of rotatable bonds is 6. The van der Waals surface area contributed by atoms with E-state index < -0.39 is 5.97 Å². The van der Waals surface area contributed by atoms with Gasteiger partial charge in [0.15, 0.2) is 0 Å². The van der Waals surface area contributed by atoms with Crippen LogP contribution >= 0.6 is 0 Å². The molecule has 0 spiro atoms. The Morgan fingerprint density at radius 2 is 2.24 bits per heavy atom. The maximum absolute atomic E-state index is 12.4. The van der Waals surface area contributed by atoms with Crippen LogP contribution in [-0.4, -0.2) is 57.7 Å². The van der Waals surface area contributed by atoms with Crippen LogP contribution in [0, 0.1) is 6.92 Å². The van der Waals surface area contributed by atoms with E-state index in [0.29, 0.717) is 13.2 Å². The van der Waals surface area contributed by atoms with Crippen molar-refractivity contribution in [3.8, 4) is 0 Å². The summed E-state index contributed by atoms with van der Waals surface area (Å²) in [5.74, 6) is -1.24. The molecule has 0 radical (unpaired) electrons. The van der Waals surface area contributed by atoms with E-state index in [1.807, 2.05) is 0 Å². The van der Waals surface area contributed by atoms with Crippen LogP contribution in [0.1, 0.15) is 35.4 Å². The number of carboxylic acid groups (broad SMARTS) is 1. The van der Waals surface area contributed by atoms with Gasteiger partial charge in [-0.25, -0.2) is 4.98 Å². The second kappa shape index (κ2) is 7.12. The minimum absolute atomic E-state index is 0.0267. The first-order chi connectivity index (χ1) is 10.1. The van der Waals surface area contributed by atoms with E-state index in [9.17, 15) is 9.59 Å². The smallest absolute Gasteiger partial charge is 0.305 e. The Bertz CT molecular complexity index is 497. The molecule has 0 bridgehead atoms. The van der Waals surface area contributed by atoms with Crippen LogP contribution in [-0.2, 0) is 9.53 Å². The molecule has 0 aromatic carbocycles. The second-order valence-corrected chi connectivity index (χ2v) is 5.07. The Morgan fingerprint density at radius 1 is 1.43 bits per heavy atom. The number of carbonyl (C=O) groups excluding carboxylic acids is 1. The van der Waals surface area contributed by atoms with E-state index in [1.54, 1.807) is 6.92 Å². The molecule has 2 rings (SSSR count). The Kier molecular flexibility index (Phi) is 5.21. The Balaban J connectivity index is 2.06. The van der Waals surface area contributed by atoms with Gasteiger partial charge in [-0.2, -0.15) is 0 Å². The average molecular weight is 293 g/mol. The maximum atomic E-state index is 12.4. The van der Waals surface area contributed by atoms with E-state index in [4.69, 9.17) is 9.84 Å². The van der Waals surface area contributed by atoms with Gasteiger partial charge in [0.2, 0.25) is 0 Å². The first-order valence-corrected chi connectivity index (χ1v) is 6.97. The number of carboxylic acids is 1. The van der Waals surface area contributed by atoms with Crippen molar-refractivity contribution in [2.45, 2.75) is 32.3 Å². The van der Waals surface area contributed by atoms with Gasteiger partial charge in [-0.05, 0) is 19.8 Å². The standard InChI is InChI=1S/C14H19N3O4/c1-10-7-16-12(8-15-10)14(20)17(5-4-13(18)19)9-11-3-2-6-21-11/h7-8,11H,2-6,9H2,1H3,(H,18,19). The molecular weight excluding hydrogens is 274 g/mol. The van der Waals surface area contributed by atoms with Gasteiger partial charge in [0.05, 0.1) is 24.4 Å². The number of ether oxygens (including phenoxy) is 1. The van der Waals surface area contributed by atoms with Crippen molar-refractivity contribution in [2.24, 2.45) is 0 Å². The molecule has 1 N–H and O–H groups in total. The molecule has 0 saturated carbocycles. The van der Waals surface area contributed by atoms with Crippen LogP contribution in [0.4, 0.5) is 0 Å². The summed E-state index contributed by atoms with van der Waals surface area (Å²) in [7, 11) is 0. The molecular formula is C14H19N3O4. The average Bonchev–Trinajstić information content (AvgIpc) is 2.96. The minimum atomic E-state index is -0.935. The van der Waals surface area contributed by atoms with Crippen molar-refractivity contribution in [1.29, 1.82) is 0 Å². The van der Waals surface area contributed by atoms with Crippen LogP contribution in [0.3, 0.4) is 0 Å². The largest absolute Gasteiger partial charge is 0.481 e. The topological polar surface area (TPSA) is 92.6 Å². The monoisotopic (exact) mass is 293 g/mol. The highest BCUT2D eigenvalue weighted by molar-refractivity contribution is 5.92. The molecule has 1 amide bonds. The predicted octanol–water partition coefficient (Wildman–Crippen LogP) is 0.881. The Labute approximate surface area is 123 Å². The van der Waals surface area contributed by atoms with Crippen LogP contribution in [0.25, 0.3) is 0 Å². The van der Waals surface area contributed by atoms with E-state index >= 15 is 0 Å². The van der Waals surface area contributed by atoms with Crippen molar-refractivity contribution in [3.05, 3.63) is 23.8 Å². The Morgan fingerprint density at radius 3 is 2.81 bits per heavy atom. The zero-order valence-corrected chi connectivity index (χ0v) is 12.0. The summed E-state index contributed by atoms with van der Waals surface area (Å²) in [4.78, 5) is 32.8. The fourth-order valence-corrected chi connectivity index (χ4v) is 2.21. The molecule has 1 aromatic heterocycles. The molecule has 0 aliphatic carbocycles.